The molecule has 0 unspecified atom stereocenters. The number of benzene rings is 2. The van der Waals surface area contributed by atoms with Gasteiger partial charge in [0.1, 0.15) is 18.1 Å². The van der Waals surface area contributed by atoms with Crippen LogP contribution in [0.25, 0.3) is 22.7 Å². The average Bonchev–Trinajstić information content (AvgIpc) is 3.46. The van der Waals surface area contributed by atoms with Gasteiger partial charge in [0.05, 0.1) is 11.1 Å². The largest absolute Gasteiger partial charge is 0.455 e. The molecule has 0 radical (unpaired) electrons. The topological polar surface area (TPSA) is 141 Å². The van der Waals surface area contributed by atoms with Crippen molar-refractivity contribution in [3.63, 3.8) is 0 Å². The molecule has 0 bridgehead atoms. The number of nitrogens with one attached hydrogen (secondary N) is 1. The number of carbonyl (C=O) groups excluding carboxylic acids is 1. The molecule has 11 nitrogen and oxygen atoms in total. The van der Waals surface area contributed by atoms with E-state index >= 15 is 0 Å². The number of carbonyl (C=O) groups is 1. The third-order valence-electron chi connectivity index (χ3n) is 5.09. The van der Waals surface area contributed by atoms with Crippen molar-refractivity contribution in [2.45, 2.75) is 20.4 Å². The van der Waals surface area contributed by atoms with Gasteiger partial charge < -0.3 is 4.42 Å². The Morgan fingerprint density at radius 1 is 1.15 bits per heavy atom. The second kappa shape index (κ2) is 9.22. The summed E-state index contributed by atoms with van der Waals surface area (Å²) in [6.45, 7) is 3.39. The predicted octanol–water partition coefficient (Wildman–Crippen LogP) is 3.28. The lowest BCUT2D eigenvalue weighted by molar-refractivity contribution is -0.385. The Balaban J connectivity index is 1.41. The van der Waals surface area contributed by atoms with E-state index in [4.69, 9.17) is 4.42 Å². The Bertz CT molecular complexity index is 1340. The number of nitro groups is 1. The van der Waals surface area contributed by atoms with E-state index in [0.29, 0.717) is 22.9 Å². The van der Waals surface area contributed by atoms with Crippen LogP contribution in [0.1, 0.15) is 16.9 Å². The minimum absolute atomic E-state index is 0.0605. The number of amides is 1. The minimum atomic E-state index is -0.413. The van der Waals surface area contributed by atoms with Crippen molar-refractivity contribution in [2.75, 3.05) is 0 Å². The summed E-state index contributed by atoms with van der Waals surface area (Å²) >= 11 is 0. The first-order chi connectivity index (χ1) is 15.9. The second-order valence-corrected chi connectivity index (χ2v) is 7.16. The molecule has 2 heterocycles. The average molecular weight is 445 g/mol. The van der Waals surface area contributed by atoms with Gasteiger partial charge in [-0.1, -0.05) is 30.3 Å². The number of hydrogen-bond donors (Lipinski definition) is 1. The van der Waals surface area contributed by atoms with Crippen molar-refractivity contribution in [1.82, 2.24) is 25.6 Å². The summed E-state index contributed by atoms with van der Waals surface area (Å²) in [5.74, 6) is 1.01. The van der Waals surface area contributed by atoms with Crippen molar-refractivity contribution in [2.24, 2.45) is 5.10 Å². The van der Waals surface area contributed by atoms with Gasteiger partial charge in [0, 0.05) is 22.8 Å². The van der Waals surface area contributed by atoms with Crippen LogP contribution in [0.4, 0.5) is 5.69 Å². The molecule has 0 aliphatic heterocycles. The van der Waals surface area contributed by atoms with Gasteiger partial charge in [-0.15, -0.1) is 5.10 Å². The monoisotopic (exact) mass is 445 g/mol. The van der Waals surface area contributed by atoms with Gasteiger partial charge in [0.15, 0.2) is 5.82 Å². The fourth-order valence-corrected chi connectivity index (χ4v) is 3.28. The fraction of sp³-hybridized carbons (Fsp3) is 0.136. The van der Waals surface area contributed by atoms with Crippen LogP contribution in [0.3, 0.4) is 0 Å². The highest BCUT2D eigenvalue weighted by molar-refractivity contribution is 5.81. The zero-order valence-electron chi connectivity index (χ0n) is 17.8. The Morgan fingerprint density at radius 3 is 2.70 bits per heavy atom. The van der Waals surface area contributed by atoms with Crippen molar-refractivity contribution < 1.29 is 14.1 Å². The van der Waals surface area contributed by atoms with Gasteiger partial charge in [-0.2, -0.15) is 5.10 Å². The highest BCUT2D eigenvalue weighted by atomic mass is 16.6. The third kappa shape index (κ3) is 4.66. The SMILES string of the molecule is Cc1c(-c2ccc(/C=N/NC(=O)Cn3nnnc3-c3ccccc3)o2)ccc([N+](=O)[O-])c1C. The molecule has 166 valence electrons. The molecule has 0 spiro atoms. The van der Waals surface area contributed by atoms with Crippen LogP contribution < -0.4 is 5.43 Å². The maximum atomic E-state index is 12.3. The molecule has 1 N–H and O–H groups in total. The molecule has 1 amide bonds. The zero-order valence-corrected chi connectivity index (χ0v) is 17.8. The zero-order chi connectivity index (χ0) is 23.4. The maximum absolute atomic E-state index is 12.3. The summed E-state index contributed by atoms with van der Waals surface area (Å²) in [7, 11) is 0. The summed E-state index contributed by atoms with van der Waals surface area (Å²) in [5.41, 5.74) is 5.35. The van der Waals surface area contributed by atoms with E-state index in [9.17, 15) is 14.9 Å². The quantitative estimate of drug-likeness (QED) is 0.261. The van der Waals surface area contributed by atoms with Crippen molar-refractivity contribution >= 4 is 17.8 Å². The smallest absolute Gasteiger partial charge is 0.272 e. The van der Waals surface area contributed by atoms with Crippen LogP contribution >= 0.6 is 0 Å². The minimum Gasteiger partial charge on any atom is -0.455 e. The molecule has 0 saturated heterocycles. The first kappa shape index (κ1) is 21.6. The van der Waals surface area contributed by atoms with Gasteiger partial charge in [-0.05, 0) is 48.0 Å². The van der Waals surface area contributed by atoms with E-state index in [-0.39, 0.29) is 12.2 Å². The molecule has 4 aromatic rings. The number of nitro benzene ring substituents is 1. The van der Waals surface area contributed by atoms with Crippen molar-refractivity contribution in [1.29, 1.82) is 0 Å². The van der Waals surface area contributed by atoms with E-state index < -0.39 is 10.8 Å². The summed E-state index contributed by atoms with van der Waals surface area (Å²) < 4.78 is 7.14. The Hall–Kier alpha value is -4.67. The van der Waals surface area contributed by atoms with Gasteiger partial charge >= 0.3 is 0 Å². The standard InChI is InChI=1S/C22H19N7O4/c1-14-15(2)19(29(31)32)10-9-18(14)20-11-8-17(33-20)12-23-24-21(30)13-28-22(25-26-27-28)16-6-4-3-5-7-16/h3-12H,13H2,1-2H3,(H,24,30)/b23-12+. The summed E-state index contributed by atoms with van der Waals surface area (Å²) in [5, 5.41) is 26.5. The first-order valence-corrected chi connectivity index (χ1v) is 9.92. The number of hydrazone groups is 1. The van der Waals surface area contributed by atoms with E-state index in [1.807, 2.05) is 30.3 Å². The Morgan fingerprint density at radius 2 is 1.94 bits per heavy atom. The third-order valence-corrected chi connectivity index (χ3v) is 5.09. The number of hydrogen-bond acceptors (Lipinski definition) is 8. The highest BCUT2D eigenvalue weighted by Crippen LogP contribution is 2.31. The van der Waals surface area contributed by atoms with Crippen LogP contribution in [0.15, 0.2) is 64.1 Å². The summed E-state index contributed by atoms with van der Waals surface area (Å²) in [6.07, 6.45) is 1.37. The van der Waals surface area contributed by atoms with Crippen LogP contribution in [0.2, 0.25) is 0 Å². The molecular formula is C22H19N7O4. The fourth-order valence-electron chi connectivity index (χ4n) is 3.28. The molecule has 11 heteroatoms. The Kier molecular flexibility index (Phi) is 6.02. The molecular weight excluding hydrogens is 426 g/mol. The van der Waals surface area contributed by atoms with Gasteiger partial charge in [0.2, 0.25) is 0 Å². The molecule has 33 heavy (non-hydrogen) atoms. The maximum Gasteiger partial charge on any atom is 0.272 e. The number of furan rings is 1. The van der Waals surface area contributed by atoms with E-state index in [1.165, 1.54) is 17.0 Å². The first-order valence-electron chi connectivity index (χ1n) is 9.92. The number of rotatable bonds is 7. The van der Waals surface area contributed by atoms with Crippen molar-refractivity contribution in [3.05, 3.63) is 81.6 Å². The van der Waals surface area contributed by atoms with Gasteiger partial charge in [-0.25, -0.2) is 10.1 Å². The lowest BCUT2D eigenvalue weighted by atomic mass is 10.00. The summed E-state index contributed by atoms with van der Waals surface area (Å²) in [4.78, 5) is 23.0. The number of aromatic nitrogens is 4. The van der Waals surface area contributed by atoms with Crippen LogP contribution in [0.5, 0.6) is 0 Å². The molecule has 2 aromatic heterocycles. The molecule has 0 aliphatic carbocycles. The van der Waals surface area contributed by atoms with E-state index in [0.717, 1.165) is 16.7 Å². The van der Waals surface area contributed by atoms with Crippen LogP contribution in [-0.4, -0.2) is 37.3 Å². The second-order valence-electron chi connectivity index (χ2n) is 7.16. The number of nitrogens with zero attached hydrogens (tertiary/aromatic N) is 6. The van der Waals surface area contributed by atoms with Gasteiger partial charge in [0.25, 0.3) is 11.6 Å². The van der Waals surface area contributed by atoms with E-state index in [1.54, 1.807) is 32.0 Å². The number of tetrazole rings is 1. The molecule has 0 aliphatic rings. The van der Waals surface area contributed by atoms with Gasteiger partial charge in [-0.3, -0.25) is 14.9 Å². The molecule has 2 aromatic carbocycles. The van der Waals surface area contributed by atoms with Crippen molar-refractivity contribution in [3.8, 4) is 22.7 Å². The van der Waals surface area contributed by atoms with E-state index in [2.05, 4.69) is 26.1 Å². The van der Waals surface area contributed by atoms with Crippen LogP contribution in [0, 0.1) is 24.0 Å². The lowest BCUT2D eigenvalue weighted by Gasteiger charge is -2.06. The highest BCUT2D eigenvalue weighted by Gasteiger charge is 2.17. The molecule has 0 fully saturated rings. The Labute approximate surface area is 187 Å². The van der Waals surface area contributed by atoms with Crippen LogP contribution in [-0.2, 0) is 11.3 Å². The lowest BCUT2D eigenvalue weighted by Crippen LogP contribution is -2.24. The molecule has 4 rings (SSSR count). The predicted molar refractivity (Wildman–Crippen MR) is 119 cm³/mol. The summed E-state index contributed by atoms with van der Waals surface area (Å²) in [6, 6.07) is 15.8. The molecule has 0 saturated carbocycles. The normalized spacial score (nSPS) is 11.1. The molecule has 0 atom stereocenters.